The summed E-state index contributed by atoms with van der Waals surface area (Å²) in [4.78, 5) is 9.56. The van der Waals surface area contributed by atoms with Gasteiger partial charge < -0.3 is 4.90 Å². The van der Waals surface area contributed by atoms with Crippen LogP contribution in [0.25, 0.3) is 0 Å². The summed E-state index contributed by atoms with van der Waals surface area (Å²) in [5.74, 6) is 1.96. The standard InChI is InChI=1S/C19H30ClN3/c1-4-19(2,3)15-5-7-17(13-15)22-9-11-23(12-10-22)18-8-6-16(20)14-21-18/h6,8,14-15,17H,4-5,7,9-13H2,1-3H3. The first-order valence-electron chi connectivity index (χ1n) is 9.10. The van der Waals surface area contributed by atoms with E-state index in [1.54, 1.807) is 6.20 Å². The van der Waals surface area contributed by atoms with Gasteiger partial charge in [0.25, 0.3) is 0 Å². The van der Waals surface area contributed by atoms with Gasteiger partial charge in [0, 0.05) is 38.4 Å². The van der Waals surface area contributed by atoms with E-state index < -0.39 is 0 Å². The zero-order valence-corrected chi connectivity index (χ0v) is 15.5. The van der Waals surface area contributed by atoms with Crippen molar-refractivity contribution >= 4 is 17.4 Å². The Bertz CT molecular complexity index is 506. The summed E-state index contributed by atoms with van der Waals surface area (Å²) < 4.78 is 0. The van der Waals surface area contributed by atoms with Crippen LogP contribution < -0.4 is 4.90 Å². The predicted octanol–water partition coefficient (Wildman–Crippen LogP) is 4.46. The Balaban J connectivity index is 1.53. The maximum atomic E-state index is 5.93. The summed E-state index contributed by atoms with van der Waals surface area (Å²) >= 11 is 5.93. The molecule has 23 heavy (non-hydrogen) atoms. The second-order valence-electron chi connectivity index (χ2n) is 7.86. The van der Waals surface area contributed by atoms with E-state index in [1.165, 1.54) is 25.7 Å². The molecule has 3 rings (SSSR count). The van der Waals surface area contributed by atoms with Gasteiger partial charge in [-0.2, -0.15) is 0 Å². The van der Waals surface area contributed by atoms with Gasteiger partial charge in [0.2, 0.25) is 0 Å². The van der Waals surface area contributed by atoms with Gasteiger partial charge in [-0.1, -0.05) is 38.8 Å². The van der Waals surface area contributed by atoms with Gasteiger partial charge in [-0.25, -0.2) is 4.98 Å². The number of hydrogen-bond acceptors (Lipinski definition) is 3. The van der Waals surface area contributed by atoms with Gasteiger partial charge in [-0.15, -0.1) is 0 Å². The number of aromatic nitrogens is 1. The zero-order valence-electron chi connectivity index (χ0n) is 14.8. The SMILES string of the molecule is CCC(C)(C)C1CCC(N2CCN(c3ccc(Cl)cn3)CC2)C1. The largest absolute Gasteiger partial charge is 0.354 e. The minimum Gasteiger partial charge on any atom is -0.354 e. The van der Waals surface area contributed by atoms with E-state index in [4.69, 9.17) is 11.6 Å². The van der Waals surface area contributed by atoms with Gasteiger partial charge in [0.1, 0.15) is 5.82 Å². The van der Waals surface area contributed by atoms with Crippen LogP contribution in [0.1, 0.15) is 46.5 Å². The van der Waals surface area contributed by atoms with Crippen molar-refractivity contribution in [3.8, 4) is 0 Å². The van der Waals surface area contributed by atoms with E-state index in [2.05, 4.69) is 35.6 Å². The molecule has 2 aliphatic rings. The predicted molar refractivity (Wildman–Crippen MR) is 98.2 cm³/mol. The highest BCUT2D eigenvalue weighted by molar-refractivity contribution is 6.30. The van der Waals surface area contributed by atoms with Crippen molar-refractivity contribution in [2.45, 2.75) is 52.5 Å². The Kier molecular flexibility index (Phi) is 5.17. The number of anilines is 1. The zero-order chi connectivity index (χ0) is 16.4. The summed E-state index contributed by atoms with van der Waals surface area (Å²) in [7, 11) is 0. The molecule has 1 saturated carbocycles. The summed E-state index contributed by atoms with van der Waals surface area (Å²) in [6.45, 7) is 11.7. The number of rotatable bonds is 4. The molecule has 0 N–H and O–H groups in total. The van der Waals surface area contributed by atoms with E-state index in [-0.39, 0.29) is 0 Å². The Morgan fingerprint density at radius 2 is 1.91 bits per heavy atom. The van der Waals surface area contributed by atoms with Crippen molar-refractivity contribution in [2.75, 3.05) is 31.1 Å². The number of halogens is 1. The Morgan fingerprint density at radius 3 is 2.52 bits per heavy atom. The first-order valence-corrected chi connectivity index (χ1v) is 9.48. The van der Waals surface area contributed by atoms with Gasteiger partial charge >= 0.3 is 0 Å². The summed E-state index contributed by atoms with van der Waals surface area (Å²) in [6, 6.07) is 4.77. The number of piperazine rings is 1. The number of hydrogen-bond donors (Lipinski definition) is 0. The Labute approximate surface area is 146 Å². The second kappa shape index (κ2) is 6.98. The molecule has 1 saturated heterocycles. The average molecular weight is 336 g/mol. The topological polar surface area (TPSA) is 19.4 Å². The lowest BCUT2D eigenvalue weighted by molar-refractivity contribution is 0.158. The Hall–Kier alpha value is -0.800. The fourth-order valence-corrected chi connectivity index (χ4v) is 4.27. The minimum atomic E-state index is 0.504. The van der Waals surface area contributed by atoms with Gasteiger partial charge in [-0.05, 0) is 42.7 Å². The molecule has 0 spiro atoms. The Morgan fingerprint density at radius 1 is 1.17 bits per heavy atom. The molecule has 0 amide bonds. The molecule has 1 aromatic rings. The van der Waals surface area contributed by atoms with Crippen molar-refractivity contribution in [2.24, 2.45) is 11.3 Å². The van der Waals surface area contributed by atoms with Gasteiger partial charge in [-0.3, -0.25) is 4.90 Å². The quantitative estimate of drug-likeness (QED) is 0.809. The molecule has 1 aliphatic heterocycles. The smallest absolute Gasteiger partial charge is 0.128 e. The average Bonchev–Trinajstić information content (AvgIpc) is 3.07. The molecule has 3 nitrogen and oxygen atoms in total. The summed E-state index contributed by atoms with van der Waals surface area (Å²) in [5, 5.41) is 0.711. The van der Waals surface area contributed by atoms with Crippen molar-refractivity contribution in [3.63, 3.8) is 0 Å². The maximum Gasteiger partial charge on any atom is 0.128 e. The third kappa shape index (κ3) is 3.83. The molecule has 128 valence electrons. The van der Waals surface area contributed by atoms with Crippen LogP contribution in [0.5, 0.6) is 0 Å². The monoisotopic (exact) mass is 335 g/mol. The second-order valence-corrected chi connectivity index (χ2v) is 8.30. The van der Waals surface area contributed by atoms with Crippen molar-refractivity contribution < 1.29 is 0 Å². The molecule has 2 fully saturated rings. The van der Waals surface area contributed by atoms with Crippen LogP contribution in [0, 0.1) is 11.3 Å². The summed E-state index contributed by atoms with van der Waals surface area (Å²) in [5.41, 5.74) is 0.504. The molecule has 1 aromatic heterocycles. The van der Waals surface area contributed by atoms with E-state index >= 15 is 0 Å². The fraction of sp³-hybridized carbons (Fsp3) is 0.737. The lowest BCUT2D eigenvalue weighted by Gasteiger charge is -2.39. The molecule has 2 heterocycles. The van der Waals surface area contributed by atoms with E-state index in [0.29, 0.717) is 10.4 Å². The molecule has 2 unspecified atom stereocenters. The van der Waals surface area contributed by atoms with Crippen molar-refractivity contribution in [1.82, 2.24) is 9.88 Å². The normalized spacial score (nSPS) is 26.7. The van der Waals surface area contributed by atoms with Crippen LogP contribution in [-0.4, -0.2) is 42.1 Å². The molecule has 4 heteroatoms. The molecular weight excluding hydrogens is 306 g/mol. The van der Waals surface area contributed by atoms with Crippen LogP contribution >= 0.6 is 11.6 Å². The van der Waals surface area contributed by atoms with Crippen LogP contribution in [0.15, 0.2) is 18.3 Å². The fourth-order valence-electron chi connectivity index (χ4n) is 4.16. The summed E-state index contributed by atoms with van der Waals surface area (Å²) in [6.07, 6.45) is 7.22. The van der Waals surface area contributed by atoms with E-state index in [9.17, 15) is 0 Å². The molecule has 1 aliphatic carbocycles. The van der Waals surface area contributed by atoms with E-state index in [1.807, 2.05) is 12.1 Å². The van der Waals surface area contributed by atoms with Gasteiger partial charge in [0.15, 0.2) is 0 Å². The van der Waals surface area contributed by atoms with Crippen LogP contribution in [-0.2, 0) is 0 Å². The van der Waals surface area contributed by atoms with Crippen molar-refractivity contribution in [1.29, 1.82) is 0 Å². The third-order valence-electron chi connectivity index (χ3n) is 6.29. The van der Waals surface area contributed by atoms with Crippen LogP contribution in [0.4, 0.5) is 5.82 Å². The molecule has 0 bridgehead atoms. The van der Waals surface area contributed by atoms with Gasteiger partial charge in [0.05, 0.1) is 5.02 Å². The molecule has 2 atom stereocenters. The minimum absolute atomic E-state index is 0.504. The lowest BCUT2D eigenvalue weighted by Crippen LogP contribution is -2.50. The molecule has 0 radical (unpaired) electrons. The first-order chi connectivity index (χ1) is 11.0. The van der Waals surface area contributed by atoms with Crippen LogP contribution in [0.2, 0.25) is 5.02 Å². The van der Waals surface area contributed by atoms with E-state index in [0.717, 1.165) is 44.0 Å². The molecular formula is C19H30ClN3. The maximum absolute atomic E-state index is 5.93. The van der Waals surface area contributed by atoms with Crippen LogP contribution in [0.3, 0.4) is 0 Å². The number of pyridine rings is 1. The third-order valence-corrected chi connectivity index (χ3v) is 6.51. The van der Waals surface area contributed by atoms with Crippen molar-refractivity contribution in [3.05, 3.63) is 23.4 Å². The first kappa shape index (κ1) is 17.0. The highest BCUT2D eigenvalue weighted by Gasteiger charge is 2.37. The number of nitrogens with zero attached hydrogens (tertiary/aromatic N) is 3. The highest BCUT2D eigenvalue weighted by atomic mass is 35.5. The highest BCUT2D eigenvalue weighted by Crippen LogP contribution is 2.43. The molecule has 0 aromatic carbocycles. The lowest BCUT2D eigenvalue weighted by atomic mass is 9.76.